The second-order valence-electron chi connectivity index (χ2n) is 6.11. The molecule has 0 spiro atoms. The van der Waals surface area contributed by atoms with Gasteiger partial charge in [-0.1, -0.05) is 39.8 Å². The van der Waals surface area contributed by atoms with Crippen LogP contribution in [-0.4, -0.2) is 15.0 Å². The molecule has 0 saturated carbocycles. The van der Waals surface area contributed by atoms with E-state index >= 15 is 0 Å². The first-order chi connectivity index (χ1) is 6.65. The van der Waals surface area contributed by atoms with E-state index in [4.69, 9.17) is 0 Å². The molecule has 0 N–H and O–H groups in total. The molecule has 0 aliphatic heterocycles. The van der Waals surface area contributed by atoms with Crippen molar-refractivity contribution in [3.05, 3.63) is 11.9 Å². The molecule has 1 aromatic rings. The van der Waals surface area contributed by atoms with Gasteiger partial charge in [-0.25, -0.2) is 4.68 Å². The average molecular weight is 209 g/mol. The van der Waals surface area contributed by atoms with E-state index in [1.165, 1.54) is 0 Å². The fourth-order valence-electron chi connectivity index (χ4n) is 1.15. The fourth-order valence-corrected chi connectivity index (χ4v) is 1.15. The minimum absolute atomic E-state index is 0.0243. The molecule has 1 rings (SSSR count). The van der Waals surface area contributed by atoms with Crippen LogP contribution in [0.2, 0.25) is 0 Å². The summed E-state index contributed by atoms with van der Waals surface area (Å²) in [5.74, 6) is 0.534. The Balaban J connectivity index is 3.04. The highest BCUT2D eigenvalue weighted by molar-refractivity contribution is 5.07. The molecule has 15 heavy (non-hydrogen) atoms. The number of hydrogen-bond acceptors (Lipinski definition) is 2. The monoisotopic (exact) mass is 209 g/mol. The van der Waals surface area contributed by atoms with E-state index in [1.807, 2.05) is 4.68 Å². The zero-order valence-corrected chi connectivity index (χ0v) is 11.0. The van der Waals surface area contributed by atoms with E-state index in [9.17, 15) is 0 Å². The maximum atomic E-state index is 4.25. The molecule has 86 valence electrons. The molecule has 0 atom stereocenters. The number of hydrogen-bond donors (Lipinski definition) is 0. The third-order valence-electron chi connectivity index (χ3n) is 3.27. The first-order valence-electron chi connectivity index (χ1n) is 5.59. The molecule has 0 fully saturated rings. The lowest BCUT2D eigenvalue weighted by Gasteiger charge is -2.29. The Morgan fingerprint density at radius 1 is 1.13 bits per heavy atom. The largest absolute Gasteiger partial charge is 0.246 e. The van der Waals surface area contributed by atoms with Crippen LogP contribution in [0.5, 0.6) is 0 Å². The average Bonchev–Trinajstić information content (AvgIpc) is 2.50. The summed E-state index contributed by atoms with van der Waals surface area (Å²) in [6, 6.07) is 0. The maximum Gasteiger partial charge on any atom is 0.0880 e. The molecule has 0 amide bonds. The summed E-state index contributed by atoms with van der Waals surface area (Å²) in [6.45, 7) is 15.3. The molecule has 0 bridgehead atoms. The first-order valence-corrected chi connectivity index (χ1v) is 5.59. The highest BCUT2D eigenvalue weighted by Crippen LogP contribution is 2.26. The second kappa shape index (κ2) is 3.62. The van der Waals surface area contributed by atoms with Gasteiger partial charge in [0.2, 0.25) is 0 Å². The molecule has 0 unspecified atom stereocenters. The van der Waals surface area contributed by atoms with Gasteiger partial charge < -0.3 is 0 Å². The molecule has 0 aliphatic rings. The molecule has 0 radical (unpaired) electrons. The zero-order chi connectivity index (χ0) is 11.9. The van der Waals surface area contributed by atoms with Gasteiger partial charge in [0.05, 0.1) is 11.2 Å². The quantitative estimate of drug-likeness (QED) is 0.749. The van der Waals surface area contributed by atoms with Crippen molar-refractivity contribution in [2.24, 2.45) is 5.92 Å². The van der Waals surface area contributed by atoms with Crippen LogP contribution in [0.25, 0.3) is 0 Å². The maximum absolute atomic E-state index is 4.25. The van der Waals surface area contributed by atoms with Crippen molar-refractivity contribution in [2.75, 3.05) is 0 Å². The Hall–Kier alpha value is -0.860. The Labute approximate surface area is 92.9 Å². The summed E-state index contributed by atoms with van der Waals surface area (Å²) in [4.78, 5) is 0. The summed E-state index contributed by atoms with van der Waals surface area (Å²) < 4.78 is 1.98. The molecule has 0 aromatic carbocycles. The van der Waals surface area contributed by atoms with Crippen LogP contribution in [0.4, 0.5) is 0 Å². The van der Waals surface area contributed by atoms with Gasteiger partial charge in [0, 0.05) is 11.6 Å². The third kappa shape index (κ3) is 2.39. The van der Waals surface area contributed by atoms with Crippen molar-refractivity contribution in [2.45, 2.75) is 59.4 Å². The van der Waals surface area contributed by atoms with E-state index in [1.54, 1.807) is 0 Å². The third-order valence-corrected chi connectivity index (χ3v) is 3.27. The number of rotatable bonds is 2. The van der Waals surface area contributed by atoms with E-state index in [2.05, 4.69) is 65.0 Å². The minimum atomic E-state index is 0.0243. The van der Waals surface area contributed by atoms with Crippen molar-refractivity contribution in [3.8, 4) is 0 Å². The topological polar surface area (TPSA) is 30.7 Å². The van der Waals surface area contributed by atoms with Gasteiger partial charge in [-0.2, -0.15) is 0 Å². The number of nitrogens with zero attached hydrogens (tertiary/aromatic N) is 3. The lowest BCUT2D eigenvalue weighted by Crippen LogP contribution is -2.32. The van der Waals surface area contributed by atoms with E-state index in [0.717, 1.165) is 5.69 Å². The summed E-state index contributed by atoms with van der Waals surface area (Å²) in [6.07, 6.45) is 2.07. The molecular weight excluding hydrogens is 186 g/mol. The van der Waals surface area contributed by atoms with Gasteiger partial charge >= 0.3 is 0 Å². The van der Waals surface area contributed by atoms with Crippen LogP contribution < -0.4 is 0 Å². The van der Waals surface area contributed by atoms with Crippen LogP contribution in [0, 0.1) is 5.92 Å². The lowest BCUT2D eigenvalue weighted by atomic mass is 9.90. The standard InChI is InChI=1S/C12H23N3/c1-9(2)12(6,7)15-8-10(13-14-15)11(3,4)5/h8-9H,1-7H3. The van der Waals surface area contributed by atoms with Crippen LogP contribution in [0.3, 0.4) is 0 Å². The van der Waals surface area contributed by atoms with Crippen LogP contribution in [0.15, 0.2) is 6.20 Å². The Morgan fingerprint density at radius 2 is 1.67 bits per heavy atom. The van der Waals surface area contributed by atoms with E-state index in [-0.39, 0.29) is 11.0 Å². The predicted octanol–water partition coefficient (Wildman–Crippen LogP) is 2.97. The fraction of sp³-hybridized carbons (Fsp3) is 0.833. The van der Waals surface area contributed by atoms with Crippen LogP contribution in [-0.2, 0) is 11.0 Å². The normalized spacial score (nSPS) is 13.6. The highest BCUT2D eigenvalue weighted by atomic mass is 15.4. The van der Waals surface area contributed by atoms with Gasteiger partial charge in [0.25, 0.3) is 0 Å². The van der Waals surface area contributed by atoms with Crippen molar-refractivity contribution < 1.29 is 0 Å². The molecule has 3 heteroatoms. The Bertz CT molecular complexity index is 329. The Kier molecular flexibility index (Phi) is 2.94. The molecule has 1 heterocycles. The van der Waals surface area contributed by atoms with Gasteiger partial charge in [-0.3, -0.25) is 0 Å². The van der Waals surface area contributed by atoms with Gasteiger partial charge in [0.1, 0.15) is 0 Å². The Morgan fingerprint density at radius 3 is 2.00 bits per heavy atom. The predicted molar refractivity (Wildman–Crippen MR) is 62.9 cm³/mol. The SMILES string of the molecule is CC(C)C(C)(C)n1cc(C(C)(C)C)nn1. The minimum Gasteiger partial charge on any atom is -0.246 e. The molecule has 1 aromatic heterocycles. The van der Waals surface area contributed by atoms with Crippen LogP contribution in [0.1, 0.15) is 54.2 Å². The van der Waals surface area contributed by atoms with Crippen molar-refractivity contribution in [1.82, 2.24) is 15.0 Å². The summed E-state index contributed by atoms with van der Waals surface area (Å²) in [7, 11) is 0. The molecule has 3 nitrogen and oxygen atoms in total. The molecule has 0 saturated heterocycles. The van der Waals surface area contributed by atoms with Crippen molar-refractivity contribution in [1.29, 1.82) is 0 Å². The van der Waals surface area contributed by atoms with Gasteiger partial charge in [-0.05, 0) is 19.8 Å². The molecular formula is C12H23N3. The van der Waals surface area contributed by atoms with E-state index < -0.39 is 0 Å². The summed E-state index contributed by atoms with van der Waals surface area (Å²) >= 11 is 0. The highest BCUT2D eigenvalue weighted by Gasteiger charge is 2.28. The van der Waals surface area contributed by atoms with Crippen molar-refractivity contribution in [3.63, 3.8) is 0 Å². The first kappa shape index (κ1) is 12.2. The molecule has 0 aliphatic carbocycles. The van der Waals surface area contributed by atoms with Crippen LogP contribution >= 0.6 is 0 Å². The number of aromatic nitrogens is 3. The second-order valence-corrected chi connectivity index (χ2v) is 6.11. The zero-order valence-electron chi connectivity index (χ0n) is 11.0. The van der Waals surface area contributed by atoms with Gasteiger partial charge in [-0.15, -0.1) is 5.10 Å². The van der Waals surface area contributed by atoms with Crippen molar-refractivity contribution >= 4 is 0 Å². The van der Waals surface area contributed by atoms with Gasteiger partial charge in [0.15, 0.2) is 0 Å². The van der Waals surface area contributed by atoms with E-state index in [0.29, 0.717) is 5.92 Å². The smallest absolute Gasteiger partial charge is 0.0880 e. The summed E-state index contributed by atoms with van der Waals surface area (Å²) in [5, 5.41) is 8.49. The lowest BCUT2D eigenvalue weighted by molar-refractivity contribution is 0.221. The summed E-state index contributed by atoms with van der Waals surface area (Å²) in [5.41, 5.74) is 1.15.